The van der Waals surface area contributed by atoms with Crippen LogP contribution in [-0.4, -0.2) is 16.7 Å². The molecule has 0 aliphatic carbocycles. The molecule has 0 aromatic heterocycles. The van der Waals surface area contributed by atoms with Gasteiger partial charge in [-0.25, -0.2) is 0 Å². The van der Waals surface area contributed by atoms with Gasteiger partial charge >= 0.3 is 6.18 Å². The highest BCUT2D eigenvalue weighted by Crippen LogP contribution is 2.30. The molecule has 6 heteroatoms. The van der Waals surface area contributed by atoms with Crippen LogP contribution in [0.25, 0.3) is 0 Å². The number of benzene rings is 2. The lowest BCUT2D eigenvalue weighted by molar-refractivity contribution is -0.137. The zero-order valence-corrected chi connectivity index (χ0v) is 11.2. The first kappa shape index (κ1) is 15.8. The molecular weight excluding hydrogens is 297 g/mol. The van der Waals surface area contributed by atoms with Crippen molar-refractivity contribution in [3.63, 3.8) is 0 Å². The minimum atomic E-state index is -4.56. The standard InChI is InChI=1S/C16H11F3O3/c17-16(18,19)11-5-3-4-10(8-11)14(21)9-15(22)12-6-1-2-7-13(12)20/h1-8,20H,9H2. The first-order chi connectivity index (χ1) is 10.3. The average Bonchev–Trinajstić information content (AvgIpc) is 2.46. The van der Waals surface area contributed by atoms with Gasteiger partial charge in [0, 0.05) is 5.56 Å². The molecule has 2 aromatic carbocycles. The molecule has 0 atom stereocenters. The Balaban J connectivity index is 2.20. The summed E-state index contributed by atoms with van der Waals surface area (Å²) in [6.45, 7) is 0. The van der Waals surface area contributed by atoms with E-state index in [1.165, 1.54) is 30.3 Å². The number of para-hydroxylation sites is 1. The Morgan fingerprint density at radius 2 is 1.64 bits per heavy atom. The van der Waals surface area contributed by atoms with Crippen molar-refractivity contribution in [1.82, 2.24) is 0 Å². The summed E-state index contributed by atoms with van der Waals surface area (Å²) in [7, 11) is 0. The van der Waals surface area contributed by atoms with Gasteiger partial charge in [-0.05, 0) is 24.3 Å². The molecule has 1 N–H and O–H groups in total. The van der Waals surface area contributed by atoms with Gasteiger partial charge in [-0.2, -0.15) is 13.2 Å². The number of Topliss-reactive ketones (excluding diaryl/α,β-unsaturated/α-hetero) is 2. The second-order valence-corrected chi connectivity index (χ2v) is 4.62. The molecule has 2 aromatic rings. The molecule has 114 valence electrons. The molecule has 0 heterocycles. The average molecular weight is 308 g/mol. The topological polar surface area (TPSA) is 54.4 Å². The van der Waals surface area contributed by atoms with Crippen LogP contribution in [0, 0.1) is 0 Å². The third-order valence-electron chi connectivity index (χ3n) is 3.04. The van der Waals surface area contributed by atoms with Crippen molar-refractivity contribution in [2.24, 2.45) is 0 Å². The van der Waals surface area contributed by atoms with Crippen LogP contribution in [0.15, 0.2) is 48.5 Å². The number of aromatic hydroxyl groups is 1. The van der Waals surface area contributed by atoms with Crippen LogP contribution in [0.1, 0.15) is 32.7 Å². The number of hydrogen-bond acceptors (Lipinski definition) is 3. The van der Waals surface area contributed by atoms with E-state index in [4.69, 9.17) is 0 Å². The highest BCUT2D eigenvalue weighted by Gasteiger charge is 2.31. The number of ketones is 2. The Hall–Kier alpha value is -2.63. The monoisotopic (exact) mass is 308 g/mol. The largest absolute Gasteiger partial charge is 0.507 e. The maximum Gasteiger partial charge on any atom is 0.416 e. The van der Waals surface area contributed by atoms with Crippen LogP contribution in [0.5, 0.6) is 5.75 Å². The van der Waals surface area contributed by atoms with E-state index in [0.717, 1.165) is 12.1 Å². The number of hydrogen-bond donors (Lipinski definition) is 1. The second kappa shape index (κ2) is 6.01. The number of carbonyl (C=O) groups is 2. The van der Waals surface area contributed by atoms with Crippen molar-refractivity contribution in [1.29, 1.82) is 0 Å². The first-order valence-corrected chi connectivity index (χ1v) is 6.30. The zero-order valence-electron chi connectivity index (χ0n) is 11.2. The Morgan fingerprint density at radius 3 is 2.27 bits per heavy atom. The summed E-state index contributed by atoms with van der Waals surface area (Å²) in [5.74, 6) is -1.66. The Bertz CT molecular complexity index is 721. The molecular formula is C16H11F3O3. The molecule has 0 aliphatic rings. The van der Waals surface area contributed by atoms with E-state index in [1.54, 1.807) is 0 Å². The van der Waals surface area contributed by atoms with Crippen molar-refractivity contribution >= 4 is 11.6 Å². The maximum atomic E-state index is 12.6. The fourth-order valence-corrected chi connectivity index (χ4v) is 1.92. The fraction of sp³-hybridized carbons (Fsp3) is 0.125. The van der Waals surface area contributed by atoms with Crippen LogP contribution in [0.2, 0.25) is 0 Å². The minimum absolute atomic E-state index is 0.0391. The van der Waals surface area contributed by atoms with Crippen LogP contribution in [0.4, 0.5) is 13.2 Å². The van der Waals surface area contributed by atoms with Crippen LogP contribution in [0.3, 0.4) is 0 Å². The van der Waals surface area contributed by atoms with Gasteiger partial charge in [0.2, 0.25) is 0 Å². The normalized spacial score (nSPS) is 11.2. The first-order valence-electron chi connectivity index (χ1n) is 6.30. The van der Waals surface area contributed by atoms with E-state index in [9.17, 15) is 27.9 Å². The van der Waals surface area contributed by atoms with Crippen molar-refractivity contribution < 1.29 is 27.9 Å². The molecule has 3 nitrogen and oxygen atoms in total. The van der Waals surface area contributed by atoms with Crippen molar-refractivity contribution in [2.45, 2.75) is 12.6 Å². The summed E-state index contributed by atoms with van der Waals surface area (Å²) in [5.41, 5.74) is -1.19. The van der Waals surface area contributed by atoms with E-state index in [0.29, 0.717) is 6.07 Å². The predicted molar refractivity (Wildman–Crippen MR) is 72.8 cm³/mol. The van der Waals surface area contributed by atoms with Crippen molar-refractivity contribution in [2.75, 3.05) is 0 Å². The summed E-state index contributed by atoms with van der Waals surface area (Å²) < 4.78 is 37.8. The summed E-state index contributed by atoms with van der Waals surface area (Å²) in [6.07, 6.45) is -5.17. The van der Waals surface area contributed by atoms with Crippen molar-refractivity contribution in [3.05, 3.63) is 65.2 Å². The van der Waals surface area contributed by atoms with E-state index >= 15 is 0 Å². The molecule has 0 saturated carbocycles. The van der Waals surface area contributed by atoms with E-state index in [-0.39, 0.29) is 16.9 Å². The van der Waals surface area contributed by atoms with Gasteiger partial charge in [0.25, 0.3) is 0 Å². The number of phenols is 1. The Morgan fingerprint density at radius 1 is 0.955 bits per heavy atom. The van der Waals surface area contributed by atoms with Crippen LogP contribution < -0.4 is 0 Å². The predicted octanol–water partition coefficient (Wildman–Crippen LogP) is 3.87. The van der Waals surface area contributed by atoms with E-state index in [2.05, 4.69) is 0 Å². The number of phenolic OH excluding ortho intramolecular Hbond substituents is 1. The summed E-state index contributed by atoms with van der Waals surface area (Å²) >= 11 is 0. The molecule has 0 aliphatic heterocycles. The Kier molecular flexibility index (Phi) is 4.30. The number of alkyl halides is 3. The van der Waals surface area contributed by atoms with E-state index in [1.807, 2.05) is 0 Å². The van der Waals surface area contributed by atoms with Crippen molar-refractivity contribution in [3.8, 4) is 5.75 Å². The third-order valence-corrected chi connectivity index (χ3v) is 3.04. The summed E-state index contributed by atoms with van der Waals surface area (Å²) in [4.78, 5) is 23.9. The van der Waals surface area contributed by atoms with Gasteiger partial charge < -0.3 is 5.11 Å². The van der Waals surface area contributed by atoms with Gasteiger partial charge in [-0.3, -0.25) is 9.59 Å². The zero-order chi connectivity index (χ0) is 16.3. The van der Waals surface area contributed by atoms with Gasteiger partial charge in [-0.1, -0.05) is 24.3 Å². The molecule has 0 spiro atoms. The molecule has 0 unspecified atom stereocenters. The lowest BCUT2D eigenvalue weighted by Crippen LogP contribution is -2.11. The third kappa shape index (κ3) is 3.52. The molecule has 0 amide bonds. The van der Waals surface area contributed by atoms with E-state index < -0.39 is 29.7 Å². The number of carbonyl (C=O) groups excluding carboxylic acids is 2. The SMILES string of the molecule is O=C(CC(=O)c1ccccc1O)c1cccc(C(F)(F)F)c1. The molecule has 2 rings (SSSR count). The number of rotatable bonds is 4. The lowest BCUT2D eigenvalue weighted by atomic mass is 9.99. The molecule has 0 fully saturated rings. The van der Waals surface area contributed by atoms with Gasteiger partial charge in [-0.15, -0.1) is 0 Å². The quantitative estimate of drug-likeness (QED) is 0.689. The van der Waals surface area contributed by atoms with Gasteiger partial charge in [0.15, 0.2) is 11.6 Å². The lowest BCUT2D eigenvalue weighted by Gasteiger charge is -2.08. The second-order valence-electron chi connectivity index (χ2n) is 4.62. The van der Waals surface area contributed by atoms with Gasteiger partial charge in [0.05, 0.1) is 17.5 Å². The fourth-order valence-electron chi connectivity index (χ4n) is 1.92. The van der Waals surface area contributed by atoms with Gasteiger partial charge in [0.1, 0.15) is 5.75 Å². The van der Waals surface area contributed by atoms with Crippen LogP contribution >= 0.6 is 0 Å². The minimum Gasteiger partial charge on any atom is -0.507 e. The highest BCUT2D eigenvalue weighted by molar-refractivity contribution is 6.14. The number of halogens is 3. The summed E-state index contributed by atoms with van der Waals surface area (Å²) in [5, 5.41) is 9.53. The van der Waals surface area contributed by atoms with Crippen LogP contribution in [-0.2, 0) is 6.18 Å². The molecule has 0 saturated heterocycles. The molecule has 0 bridgehead atoms. The molecule has 22 heavy (non-hydrogen) atoms. The molecule has 0 radical (unpaired) electrons. The maximum absolute atomic E-state index is 12.6. The summed E-state index contributed by atoms with van der Waals surface area (Å²) in [6, 6.07) is 9.56. The smallest absolute Gasteiger partial charge is 0.416 e. The highest BCUT2D eigenvalue weighted by atomic mass is 19.4. The Labute approximate surface area is 124 Å².